The summed E-state index contributed by atoms with van der Waals surface area (Å²) in [5, 5.41) is 3.45. The highest BCUT2D eigenvalue weighted by atomic mass is 35.5. The van der Waals surface area contributed by atoms with Gasteiger partial charge in [0.15, 0.2) is 0 Å². The number of aromatic amines is 1. The second-order valence-electron chi connectivity index (χ2n) is 4.15. The highest BCUT2D eigenvalue weighted by Crippen LogP contribution is 2.39. The first kappa shape index (κ1) is 9.99. The van der Waals surface area contributed by atoms with Crippen LogP contribution in [-0.2, 0) is 0 Å². The highest BCUT2D eigenvalue weighted by molar-refractivity contribution is 5.85. The van der Waals surface area contributed by atoms with E-state index in [4.69, 9.17) is 0 Å². The maximum absolute atomic E-state index is 4.44. The fraction of sp³-hybridized carbons (Fsp3) is 0.700. The zero-order valence-electron chi connectivity index (χ0n) is 8.12. The molecule has 1 saturated carbocycles. The van der Waals surface area contributed by atoms with Crippen LogP contribution in [-0.4, -0.2) is 16.5 Å². The van der Waals surface area contributed by atoms with Gasteiger partial charge in [-0.05, 0) is 32.2 Å². The molecule has 4 heteroatoms. The summed E-state index contributed by atoms with van der Waals surface area (Å²) in [5.74, 6) is 1.95. The van der Waals surface area contributed by atoms with Crippen molar-refractivity contribution in [3.05, 3.63) is 17.7 Å². The molecular weight excluding hydrogens is 198 g/mol. The van der Waals surface area contributed by atoms with E-state index in [1.165, 1.54) is 31.4 Å². The van der Waals surface area contributed by atoms with E-state index in [1.807, 2.05) is 6.20 Å². The fourth-order valence-electron chi connectivity index (χ4n) is 2.05. The van der Waals surface area contributed by atoms with Crippen LogP contribution in [0.15, 0.2) is 6.20 Å². The van der Waals surface area contributed by atoms with Crippen molar-refractivity contribution in [3.8, 4) is 0 Å². The van der Waals surface area contributed by atoms with Gasteiger partial charge >= 0.3 is 0 Å². The zero-order chi connectivity index (χ0) is 8.67. The van der Waals surface area contributed by atoms with E-state index in [0.29, 0.717) is 6.04 Å². The molecule has 1 aromatic heterocycles. The molecule has 2 N–H and O–H groups in total. The molecule has 1 atom stereocenters. The first-order chi connectivity index (χ1) is 6.43. The molecular formula is C10H16ClN3. The third kappa shape index (κ3) is 1.79. The largest absolute Gasteiger partial charge is 0.344 e. The summed E-state index contributed by atoms with van der Waals surface area (Å²) in [4.78, 5) is 7.88. The summed E-state index contributed by atoms with van der Waals surface area (Å²) >= 11 is 0. The van der Waals surface area contributed by atoms with E-state index in [9.17, 15) is 0 Å². The summed E-state index contributed by atoms with van der Waals surface area (Å²) in [6.07, 6.45) is 7.23. The standard InChI is InChI=1S/C10H15N3.ClH/c1-2-8(11-5-1)10-12-6-9(13-10)7-3-4-7;/h6-8,11H,1-5H2,(H,12,13);1H/t8-;/m0./s1. The van der Waals surface area contributed by atoms with Crippen LogP contribution in [0.25, 0.3) is 0 Å². The molecule has 0 bridgehead atoms. The molecule has 0 unspecified atom stereocenters. The molecule has 0 aromatic carbocycles. The number of H-pyrrole nitrogens is 1. The van der Waals surface area contributed by atoms with Crippen LogP contribution >= 0.6 is 12.4 Å². The monoisotopic (exact) mass is 213 g/mol. The van der Waals surface area contributed by atoms with E-state index >= 15 is 0 Å². The lowest BCUT2D eigenvalue weighted by Crippen LogP contribution is -2.14. The summed E-state index contributed by atoms with van der Waals surface area (Å²) < 4.78 is 0. The third-order valence-electron chi connectivity index (χ3n) is 3.02. The van der Waals surface area contributed by atoms with Gasteiger partial charge in [-0.25, -0.2) is 4.98 Å². The van der Waals surface area contributed by atoms with Gasteiger partial charge in [0.05, 0.1) is 6.04 Å². The Balaban J connectivity index is 0.000000750. The lowest BCUT2D eigenvalue weighted by Gasteiger charge is -2.04. The summed E-state index contributed by atoms with van der Waals surface area (Å²) in [6.45, 7) is 1.14. The number of rotatable bonds is 2. The molecule has 1 aliphatic heterocycles. The van der Waals surface area contributed by atoms with Crippen LogP contribution in [0.2, 0.25) is 0 Å². The first-order valence-corrected chi connectivity index (χ1v) is 5.21. The van der Waals surface area contributed by atoms with Gasteiger partial charge in [-0.15, -0.1) is 12.4 Å². The van der Waals surface area contributed by atoms with Crippen molar-refractivity contribution in [3.63, 3.8) is 0 Å². The Kier molecular flexibility index (Phi) is 2.79. The molecule has 78 valence electrons. The Morgan fingerprint density at radius 1 is 1.29 bits per heavy atom. The predicted octanol–water partition coefficient (Wildman–Crippen LogP) is 2.13. The van der Waals surface area contributed by atoms with E-state index in [1.54, 1.807) is 0 Å². The van der Waals surface area contributed by atoms with Gasteiger partial charge in [0.1, 0.15) is 5.82 Å². The van der Waals surface area contributed by atoms with Gasteiger partial charge in [0.2, 0.25) is 0 Å². The van der Waals surface area contributed by atoms with Crippen molar-refractivity contribution < 1.29 is 0 Å². The molecule has 1 aliphatic carbocycles. The van der Waals surface area contributed by atoms with Gasteiger partial charge in [-0.3, -0.25) is 0 Å². The first-order valence-electron chi connectivity index (χ1n) is 5.21. The van der Waals surface area contributed by atoms with Gasteiger partial charge in [-0.1, -0.05) is 0 Å². The van der Waals surface area contributed by atoms with E-state index < -0.39 is 0 Å². The van der Waals surface area contributed by atoms with Crippen molar-refractivity contribution in [2.24, 2.45) is 0 Å². The van der Waals surface area contributed by atoms with Gasteiger partial charge in [0, 0.05) is 17.8 Å². The molecule has 2 heterocycles. The Labute approximate surface area is 90.1 Å². The molecule has 0 amide bonds. The van der Waals surface area contributed by atoms with Crippen molar-refractivity contribution in [2.75, 3.05) is 6.54 Å². The quantitative estimate of drug-likeness (QED) is 0.791. The Bertz CT molecular complexity index is 300. The van der Waals surface area contributed by atoms with Crippen molar-refractivity contribution in [2.45, 2.75) is 37.6 Å². The summed E-state index contributed by atoms with van der Waals surface area (Å²) in [6, 6.07) is 0.493. The number of hydrogen-bond acceptors (Lipinski definition) is 2. The van der Waals surface area contributed by atoms with Gasteiger partial charge in [-0.2, -0.15) is 0 Å². The van der Waals surface area contributed by atoms with Crippen LogP contribution in [0.1, 0.15) is 49.2 Å². The number of halogens is 1. The van der Waals surface area contributed by atoms with Gasteiger partial charge in [0.25, 0.3) is 0 Å². The highest BCUT2D eigenvalue weighted by Gasteiger charge is 2.27. The lowest BCUT2D eigenvalue weighted by atomic mass is 10.2. The van der Waals surface area contributed by atoms with Crippen molar-refractivity contribution in [1.82, 2.24) is 15.3 Å². The summed E-state index contributed by atoms with van der Waals surface area (Å²) in [5.41, 5.74) is 1.35. The average molecular weight is 214 g/mol. The number of imidazole rings is 1. The van der Waals surface area contributed by atoms with Crippen LogP contribution in [0.5, 0.6) is 0 Å². The molecule has 0 radical (unpaired) electrons. The minimum Gasteiger partial charge on any atom is -0.344 e. The molecule has 1 saturated heterocycles. The van der Waals surface area contributed by atoms with Crippen molar-refractivity contribution in [1.29, 1.82) is 0 Å². The number of nitrogens with zero attached hydrogens (tertiary/aromatic N) is 1. The van der Waals surface area contributed by atoms with Crippen LogP contribution < -0.4 is 5.32 Å². The Hall–Kier alpha value is -0.540. The maximum atomic E-state index is 4.44. The molecule has 2 aliphatic rings. The number of aromatic nitrogens is 2. The summed E-state index contributed by atoms with van der Waals surface area (Å²) in [7, 11) is 0. The molecule has 14 heavy (non-hydrogen) atoms. The predicted molar refractivity (Wildman–Crippen MR) is 57.8 cm³/mol. The third-order valence-corrected chi connectivity index (χ3v) is 3.02. The molecule has 3 rings (SSSR count). The zero-order valence-corrected chi connectivity index (χ0v) is 8.94. The SMILES string of the molecule is Cl.c1nc([C@@H]2CCCN2)[nH]c1C1CC1. The minimum atomic E-state index is 0. The normalized spacial score (nSPS) is 26.1. The smallest absolute Gasteiger partial charge is 0.123 e. The average Bonchev–Trinajstić information content (AvgIpc) is 2.72. The molecule has 3 nitrogen and oxygen atoms in total. The van der Waals surface area contributed by atoms with E-state index in [-0.39, 0.29) is 12.4 Å². The second-order valence-corrected chi connectivity index (χ2v) is 4.15. The number of hydrogen-bond donors (Lipinski definition) is 2. The van der Waals surface area contributed by atoms with Gasteiger partial charge < -0.3 is 10.3 Å². The Morgan fingerprint density at radius 3 is 2.79 bits per heavy atom. The molecule has 1 aromatic rings. The molecule has 2 fully saturated rings. The Morgan fingerprint density at radius 2 is 2.14 bits per heavy atom. The maximum Gasteiger partial charge on any atom is 0.123 e. The van der Waals surface area contributed by atoms with Crippen LogP contribution in [0.3, 0.4) is 0 Å². The van der Waals surface area contributed by atoms with E-state index in [2.05, 4.69) is 15.3 Å². The van der Waals surface area contributed by atoms with Crippen LogP contribution in [0.4, 0.5) is 0 Å². The fourth-order valence-corrected chi connectivity index (χ4v) is 2.05. The molecule has 0 spiro atoms. The lowest BCUT2D eigenvalue weighted by molar-refractivity contribution is 0.611. The second kappa shape index (κ2) is 3.91. The minimum absolute atomic E-state index is 0. The van der Waals surface area contributed by atoms with Crippen LogP contribution in [0, 0.1) is 0 Å². The van der Waals surface area contributed by atoms with Crippen molar-refractivity contribution >= 4 is 12.4 Å². The topological polar surface area (TPSA) is 40.7 Å². The van der Waals surface area contributed by atoms with E-state index in [0.717, 1.165) is 18.3 Å². The number of nitrogens with one attached hydrogen (secondary N) is 2.